The molecular formula is C18H20ClF3N4O3. The fourth-order valence-corrected chi connectivity index (χ4v) is 3.96. The maximum Gasteiger partial charge on any atom is 0.341 e. The van der Waals surface area contributed by atoms with Gasteiger partial charge in [-0.2, -0.15) is 0 Å². The first-order valence-corrected chi connectivity index (χ1v) is 8.90. The van der Waals surface area contributed by atoms with Crippen molar-refractivity contribution in [3.8, 4) is 0 Å². The van der Waals surface area contributed by atoms with Crippen LogP contribution in [0.25, 0.3) is 11.0 Å². The number of pyridine rings is 2. The number of hydrogen-bond acceptors (Lipinski definition) is 5. The van der Waals surface area contributed by atoms with E-state index in [9.17, 15) is 27.9 Å². The first-order chi connectivity index (χ1) is 13.3. The highest BCUT2D eigenvalue weighted by atomic mass is 35.5. The lowest BCUT2D eigenvalue weighted by molar-refractivity contribution is 0.0693. The van der Waals surface area contributed by atoms with Gasteiger partial charge in [0, 0.05) is 31.4 Å². The van der Waals surface area contributed by atoms with E-state index < -0.39 is 41.7 Å². The number of carboxylic acids is 1. The minimum Gasteiger partial charge on any atom is -0.477 e. The van der Waals surface area contributed by atoms with Crippen LogP contribution in [-0.2, 0) is 5.54 Å². The molecule has 2 N–H and O–H groups in total. The lowest BCUT2D eigenvalue weighted by atomic mass is 10.0. The van der Waals surface area contributed by atoms with Crippen LogP contribution in [0, 0.1) is 5.82 Å². The van der Waals surface area contributed by atoms with Crippen molar-refractivity contribution in [3.05, 3.63) is 33.9 Å². The number of anilines is 1. The van der Waals surface area contributed by atoms with Gasteiger partial charge in [0.2, 0.25) is 5.43 Å². The number of aromatic nitrogens is 2. The van der Waals surface area contributed by atoms with E-state index in [1.165, 1.54) is 6.92 Å². The third kappa shape index (κ3) is 3.24. The summed E-state index contributed by atoms with van der Waals surface area (Å²) >= 11 is 0. The van der Waals surface area contributed by atoms with Gasteiger partial charge in [0.25, 0.3) is 0 Å². The Morgan fingerprint density at radius 1 is 1.41 bits per heavy atom. The van der Waals surface area contributed by atoms with Crippen molar-refractivity contribution in [1.82, 2.24) is 14.9 Å². The van der Waals surface area contributed by atoms with E-state index in [0.29, 0.717) is 13.1 Å². The number of rotatable bonds is 5. The van der Waals surface area contributed by atoms with Crippen molar-refractivity contribution < 1.29 is 23.1 Å². The average Bonchev–Trinajstić information content (AvgIpc) is 3.31. The average molecular weight is 433 g/mol. The molecule has 2 saturated heterocycles. The van der Waals surface area contributed by atoms with Crippen LogP contribution in [0.3, 0.4) is 0 Å². The number of alkyl halides is 2. The van der Waals surface area contributed by atoms with Gasteiger partial charge in [-0.15, -0.1) is 12.4 Å². The van der Waals surface area contributed by atoms with E-state index in [1.54, 1.807) is 4.90 Å². The zero-order valence-corrected chi connectivity index (χ0v) is 16.3. The molecule has 4 heterocycles. The maximum absolute atomic E-state index is 14.8. The van der Waals surface area contributed by atoms with E-state index in [2.05, 4.69) is 10.3 Å². The molecule has 11 heteroatoms. The van der Waals surface area contributed by atoms with E-state index in [0.717, 1.165) is 23.3 Å². The van der Waals surface area contributed by atoms with Crippen molar-refractivity contribution in [2.45, 2.75) is 31.0 Å². The van der Waals surface area contributed by atoms with Crippen molar-refractivity contribution >= 4 is 35.2 Å². The second-order valence-corrected chi connectivity index (χ2v) is 7.62. The Hall–Kier alpha value is -2.33. The molecule has 2 aromatic rings. The van der Waals surface area contributed by atoms with E-state index in [-0.39, 0.29) is 41.3 Å². The lowest BCUT2D eigenvalue weighted by Gasteiger charge is -2.31. The molecule has 29 heavy (non-hydrogen) atoms. The molecule has 1 unspecified atom stereocenters. The molecule has 4 rings (SSSR count). The van der Waals surface area contributed by atoms with Crippen LogP contribution in [0.5, 0.6) is 0 Å². The Kier molecular flexibility index (Phi) is 5.52. The Balaban J connectivity index is 0.00000240. The fraction of sp³-hybridized carbons (Fsp3) is 0.500. The minimum absolute atomic E-state index is 0. The largest absolute Gasteiger partial charge is 0.477 e. The monoisotopic (exact) mass is 432 g/mol. The molecule has 158 valence electrons. The van der Waals surface area contributed by atoms with Gasteiger partial charge in [0.05, 0.1) is 10.9 Å². The summed E-state index contributed by atoms with van der Waals surface area (Å²) in [6, 6.07) is 1.16. The number of carboxylic acid groups (broad SMARTS) is 1. The summed E-state index contributed by atoms with van der Waals surface area (Å²) in [5.74, 6) is -2.33. The summed E-state index contributed by atoms with van der Waals surface area (Å²) in [5, 5.41) is 12.3. The highest BCUT2D eigenvalue weighted by Crippen LogP contribution is 2.32. The van der Waals surface area contributed by atoms with Crippen LogP contribution in [0.4, 0.5) is 19.0 Å². The Labute approximate surface area is 169 Å². The van der Waals surface area contributed by atoms with Crippen LogP contribution in [0.15, 0.2) is 17.1 Å². The van der Waals surface area contributed by atoms with Gasteiger partial charge in [-0.3, -0.25) is 4.79 Å². The highest BCUT2D eigenvalue weighted by Gasteiger charge is 2.40. The molecule has 2 aromatic heterocycles. The Morgan fingerprint density at radius 2 is 2.10 bits per heavy atom. The molecule has 0 radical (unpaired) electrons. The lowest BCUT2D eigenvalue weighted by Crippen LogP contribution is -2.44. The van der Waals surface area contributed by atoms with Crippen molar-refractivity contribution in [1.29, 1.82) is 0 Å². The van der Waals surface area contributed by atoms with Crippen LogP contribution >= 0.6 is 12.4 Å². The molecule has 2 aliphatic heterocycles. The fourth-order valence-electron chi connectivity index (χ4n) is 3.96. The molecule has 0 aromatic carbocycles. The zero-order chi connectivity index (χ0) is 20.2. The number of fused-ring (bicyclic) bond motifs is 3. The van der Waals surface area contributed by atoms with Crippen LogP contribution in [0.2, 0.25) is 0 Å². The van der Waals surface area contributed by atoms with Gasteiger partial charge in [-0.25, -0.2) is 22.9 Å². The summed E-state index contributed by atoms with van der Waals surface area (Å²) in [5.41, 5.74) is -3.55. The molecule has 2 bridgehead atoms. The second kappa shape index (κ2) is 7.49. The number of nitrogens with one attached hydrogen (secondary N) is 1. The Bertz CT molecular complexity index is 1030. The second-order valence-electron chi connectivity index (χ2n) is 7.62. The normalized spacial score (nSPS) is 20.9. The third-order valence-electron chi connectivity index (χ3n) is 5.63. The van der Waals surface area contributed by atoms with Crippen LogP contribution < -0.4 is 15.6 Å². The quantitative estimate of drug-likeness (QED) is 0.750. The van der Waals surface area contributed by atoms with Crippen molar-refractivity contribution in [2.75, 3.05) is 31.3 Å². The van der Waals surface area contributed by atoms with Gasteiger partial charge < -0.3 is 19.9 Å². The van der Waals surface area contributed by atoms with Crippen LogP contribution in [0.1, 0.15) is 23.7 Å². The van der Waals surface area contributed by atoms with Gasteiger partial charge >= 0.3 is 5.97 Å². The summed E-state index contributed by atoms with van der Waals surface area (Å²) in [7, 11) is 0. The number of piperazine rings is 1. The Morgan fingerprint density at radius 3 is 2.62 bits per heavy atom. The molecule has 0 aliphatic carbocycles. The van der Waals surface area contributed by atoms with Gasteiger partial charge in [-0.1, -0.05) is 0 Å². The summed E-state index contributed by atoms with van der Waals surface area (Å²) in [4.78, 5) is 30.0. The molecular weight excluding hydrogens is 413 g/mol. The summed E-state index contributed by atoms with van der Waals surface area (Å²) in [6.07, 6.45) is 1.72. The standard InChI is InChI=1S/C18H19F3N4O3.ClH/c1-18(7-19,8-20)25-6-12(17(27)28)14(26)11-3-13(21)16(23-15(11)25)24-5-9-2-10(24)4-22-9;/h3,6,9-10,22H,2,4-5,7-8H2,1H3,(H,27,28);1H/t9?,10-;/m1./s1. The summed E-state index contributed by atoms with van der Waals surface area (Å²) < 4.78 is 43.2. The summed E-state index contributed by atoms with van der Waals surface area (Å²) in [6.45, 7) is 0.123. The van der Waals surface area contributed by atoms with E-state index >= 15 is 0 Å². The smallest absolute Gasteiger partial charge is 0.341 e. The maximum atomic E-state index is 14.8. The molecule has 7 nitrogen and oxygen atoms in total. The number of nitrogens with zero attached hydrogens (tertiary/aromatic N) is 3. The zero-order valence-electron chi connectivity index (χ0n) is 15.5. The predicted molar refractivity (Wildman–Crippen MR) is 103 cm³/mol. The van der Waals surface area contributed by atoms with Gasteiger partial charge in [-0.05, 0) is 19.4 Å². The predicted octanol–water partition coefficient (Wildman–Crippen LogP) is 1.86. The minimum atomic E-state index is -1.77. The molecule has 2 atom stereocenters. The molecule has 0 saturated carbocycles. The van der Waals surface area contributed by atoms with E-state index in [4.69, 9.17) is 0 Å². The number of hydrogen-bond donors (Lipinski definition) is 2. The molecule has 0 amide bonds. The molecule has 2 fully saturated rings. The molecule has 2 aliphatic rings. The van der Waals surface area contributed by atoms with Crippen molar-refractivity contribution in [3.63, 3.8) is 0 Å². The SMILES string of the molecule is CC(CF)(CF)n1cc(C(=O)O)c(=O)c2cc(F)c(N3CC4C[C@@H]3CN4)nc21.Cl. The van der Waals surface area contributed by atoms with Gasteiger partial charge in [0.1, 0.15) is 24.6 Å². The third-order valence-corrected chi connectivity index (χ3v) is 5.63. The highest BCUT2D eigenvalue weighted by molar-refractivity contribution is 5.92. The molecule has 0 spiro atoms. The number of halogens is 4. The van der Waals surface area contributed by atoms with Crippen LogP contribution in [-0.4, -0.2) is 59.1 Å². The number of aromatic carboxylic acids is 1. The number of carbonyl (C=O) groups is 1. The first-order valence-electron chi connectivity index (χ1n) is 8.90. The van der Waals surface area contributed by atoms with Gasteiger partial charge in [0.15, 0.2) is 11.6 Å². The van der Waals surface area contributed by atoms with Crippen molar-refractivity contribution in [2.24, 2.45) is 0 Å². The first kappa shape index (κ1) is 21.4. The van der Waals surface area contributed by atoms with E-state index in [1.807, 2.05) is 0 Å². The topological polar surface area (TPSA) is 87.5 Å².